The van der Waals surface area contributed by atoms with Crippen molar-refractivity contribution in [3.05, 3.63) is 36.2 Å². The minimum absolute atomic E-state index is 0.472. The number of benzene rings is 2. The summed E-state index contributed by atoms with van der Waals surface area (Å²) in [5.74, 6) is 4.68. The molecule has 34 heavy (non-hydrogen) atoms. The molecule has 8 heteroatoms. The molecule has 5 rings (SSSR count). The fourth-order valence-electron chi connectivity index (χ4n) is 4.64. The molecule has 0 spiro atoms. The van der Waals surface area contributed by atoms with Crippen molar-refractivity contribution in [1.29, 1.82) is 0 Å². The quantitative estimate of drug-likeness (QED) is 0.522. The van der Waals surface area contributed by atoms with Gasteiger partial charge in [0.25, 0.3) is 0 Å². The Bertz CT molecular complexity index is 1190. The molecule has 0 radical (unpaired) electrons. The highest BCUT2D eigenvalue weighted by Gasteiger charge is 2.30. The van der Waals surface area contributed by atoms with Gasteiger partial charge in [-0.15, -0.1) is 0 Å². The Kier molecular flexibility index (Phi) is 5.98. The molecule has 2 heterocycles. The van der Waals surface area contributed by atoms with E-state index in [2.05, 4.69) is 40.9 Å². The minimum atomic E-state index is 0.472. The van der Waals surface area contributed by atoms with Gasteiger partial charge in [0, 0.05) is 63.7 Å². The van der Waals surface area contributed by atoms with Crippen LogP contribution in [0.5, 0.6) is 17.2 Å². The van der Waals surface area contributed by atoms with Crippen LogP contribution in [0.15, 0.2) is 30.3 Å². The molecule has 1 aliphatic carbocycles. The third-order valence-electron chi connectivity index (χ3n) is 6.73. The number of methoxy groups -OCH3 is 3. The topological polar surface area (TPSA) is 63.2 Å². The van der Waals surface area contributed by atoms with Crippen molar-refractivity contribution in [2.24, 2.45) is 0 Å². The molecule has 0 unspecified atom stereocenters. The summed E-state index contributed by atoms with van der Waals surface area (Å²) in [6.45, 7) is 3.57. The van der Waals surface area contributed by atoms with Gasteiger partial charge in [-0.3, -0.25) is 0 Å². The van der Waals surface area contributed by atoms with Crippen molar-refractivity contribution >= 4 is 28.1 Å². The number of rotatable bonds is 7. The lowest BCUT2D eigenvalue weighted by molar-refractivity contribution is 0.355. The highest BCUT2D eigenvalue weighted by atomic mass is 16.5. The number of hydrogen-bond acceptors (Lipinski definition) is 8. The van der Waals surface area contributed by atoms with Crippen LogP contribution in [-0.2, 0) is 0 Å². The lowest BCUT2D eigenvalue weighted by Gasteiger charge is -2.38. The average molecular weight is 464 g/mol. The van der Waals surface area contributed by atoms with Gasteiger partial charge in [0.05, 0.1) is 38.2 Å². The van der Waals surface area contributed by atoms with E-state index in [1.54, 1.807) is 21.3 Å². The molecule has 2 fully saturated rings. The van der Waals surface area contributed by atoms with Gasteiger partial charge >= 0.3 is 0 Å². The maximum atomic E-state index is 5.58. The number of anilines is 3. The molecule has 2 aliphatic rings. The number of aromatic nitrogens is 2. The van der Waals surface area contributed by atoms with Crippen LogP contribution < -0.4 is 28.9 Å². The zero-order valence-electron chi connectivity index (χ0n) is 20.7. The van der Waals surface area contributed by atoms with Gasteiger partial charge in [0.15, 0.2) is 11.5 Å². The Morgan fingerprint density at radius 3 is 2.12 bits per heavy atom. The average Bonchev–Trinajstić information content (AvgIpc) is 3.72. The van der Waals surface area contributed by atoms with E-state index in [-0.39, 0.29) is 0 Å². The van der Waals surface area contributed by atoms with Crippen molar-refractivity contribution in [3.8, 4) is 17.2 Å². The van der Waals surface area contributed by atoms with Crippen LogP contribution >= 0.6 is 0 Å². The highest BCUT2D eigenvalue weighted by Crippen LogP contribution is 2.42. The Balaban J connectivity index is 1.46. The van der Waals surface area contributed by atoms with E-state index in [9.17, 15) is 0 Å². The molecule has 0 amide bonds. The molecular weight excluding hydrogens is 430 g/mol. The van der Waals surface area contributed by atoms with E-state index >= 15 is 0 Å². The molecule has 2 aromatic carbocycles. The molecule has 1 saturated heterocycles. The third kappa shape index (κ3) is 4.13. The van der Waals surface area contributed by atoms with Crippen LogP contribution in [0.25, 0.3) is 10.9 Å². The summed E-state index contributed by atoms with van der Waals surface area (Å²) >= 11 is 0. The van der Waals surface area contributed by atoms with Gasteiger partial charge in [-0.25, -0.2) is 9.97 Å². The first-order valence-corrected chi connectivity index (χ1v) is 11.8. The normalized spacial score (nSPS) is 16.0. The van der Waals surface area contributed by atoms with E-state index < -0.39 is 0 Å². The molecular formula is C26H33N5O3. The number of piperazine rings is 1. The first-order chi connectivity index (χ1) is 16.5. The number of fused-ring (bicyclic) bond motifs is 1. The maximum absolute atomic E-state index is 5.58. The summed E-state index contributed by atoms with van der Waals surface area (Å²) in [5.41, 5.74) is 3.30. The molecule has 0 bridgehead atoms. The van der Waals surface area contributed by atoms with Gasteiger partial charge in [0.2, 0.25) is 0 Å². The predicted octanol–water partition coefficient (Wildman–Crippen LogP) is 3.93. The van der Waals surface area contributed by atoms with Crippen molar-refractivity contribution in [2.45, 2.75) is 18.8 Å². The largest absolute Gasteiger partial charge is 0.497 e. The minimum Gasteiger partial charge on any atom is -0.497 e. The molecule has 1 saturated carbocycles. The van der Waals surface area contributed by atoms with Gasteiger partial charge in [-0.2, -0.15) is 0 Å². The Morgan fingerprint density at radius 1 is 0.824 bits per heavy atom. The van der Waals surface area contributed by atoms with E-state index in [0.29, 0.717) is 17.4 Å². The summed E-state index contributed by atoms with van der Waals surface area (Å²) in [7, 11) is 9.18. The van der Waals surface area contributed by atoms with Crippen LogP contribution in [0.2, 0.25) is 0 Å². The van der Waals surface area contributed by atoms with Crippen molar-refractivity contribution in [1.82, 2.24) is 9.97 Å². The van der Waals surface area contributed by atoms with Gasteiger partial charge in [-0.05, 0) is 31.0 Å². The van der Waals surface area contributed by atoms with E-state index in [4.69, 9.17) is 24.2 Å². The van der Waals surface area contributed by atoms with Gasteiger partial charge < -0.3 is 28.9 Å². The summed E-state index contributed by atoms with van der Waals surface area (Å²) in [4.78, 5) is 16.9. The van der Waals surface area contributed by atoms with E-state index in [1.165, 1.54) is 5.69 Å². The first-order valence-electron chi connectivity index (χ1n) is 11.8. The molecule has 8 nitrogen and oxygen atoms in total. The van der Waals surface area contributed by atoms with Crippen LogP contribution in [0, 0.1) is 0 Å². The van der Waals surface area contributed by atoms with Crippen LogP contribution in [0.3, 0.4) is 0 Å². The Labute approximate surface area is 201 Å². The second-order valence-electron chi connectivity index (χ2n) is 9.13. The first kappa shape index (κ1) is 22.4. The number of nitrogens with zero attached hydrogens (tertiary/aromatic N) is 5. The lowest BCUT2D eigenvalue weighted by Crippen LogP contribution is -2.47. The zero-order chi connectivity index (χ0) is 23.8. The zero-order valence-corrected chi connectivity index (χ0v) is 20.7. The second-order valence-corrected chi connectivity index (χ2v) is 9.13. The summed E-state index contributed by atoms with van der Waals surface area (Å²) in [5, 5.41) is 1.01. The Hall–Kier alpha value is -3.42. The fraction of sp³-hybridized carbons (Fsp3) is 0.462. The SMILES string of the molecule is COc1ccc(N2CCN(c3nc(C4CC4)nc4cc(OC)c(OC)cc34)CC2)c(N(C)C)c1. The van der Waals surface area contributed by atoms with Crippen LogP contribution in [-0.4, -0.2) is 71.6 Å². The molecule has 3 aromatic rings. The van der Waals surface area contributed by atoms with Crippen molar-refractivity contribution < 1.29 is 14.2 Å². The highest BCUT2D eigenvalue weighted by molar-refractivity contribution is 5.92. The van der Waals surface area contributed by atoms with Crippen molar-refractivity contribution in [2.75, 3.05) is 76.3 Å². The van der Waals surface area contributed by atoms with Crippen molar-refractivity contribution in [3.63, 3.8) is 0 Å². The molecule has 1 aliphatic heterocycles. The second kappa shape index (κ2) is 9.08. The lowest BCUT2D eigenvalue weighted by atomic mass is 10.1. The van der Waals surface area contributed by atoms with Gasteiger partial charge in [0.1, 0.15) is 17.4 Å². The summed E-state index contributed by atoms with van der Waals surface area (Å²) < 4.78 is 16.6. The number of hydrogen-bond donors (Lipinski definition) is 0. The van der Waals surface area contributed by atoms with E-state index in [0.717, 1.165) is 73.0 Å². The van der Waals surface area contributed by atoms with Crippen LogP contribution in [0.1, 0.15) is 24.6 Å². The fourth-order valence-corrected chi connectivity index (χ4v) is 4.64. The van der Waals surface area contributed by atoms with Crippen LogP contribution in [0.4, 0.5) is 17.2 Å². The third-order valence-corrected chi connectivity index (χ3v) is 6.73. The maximum Gasteiger partial charge on any atom is 0.162 e. The predicted molar refractivity (Wildman–Crippen MR) is 136 cm³/mol. The van der Waals surface area contributed by atoms with E-state index in [1.807, 2.05) is 18.2 Å². The standard InChI is InChI=1S/C26H33N5O3/c1-29(2)22-14-18(32-3)8-9-21(22)30-10-12-31(13-11-30)26-19-15-23(33-4)24(34-5)16-20(19)27-25(28-26)17-6-7-17/h8-9,14-17H,6-7,10-13H2,1-5H3. The molecule has 0 atom stereocenters. The molecule has 1 aromatic heterocycles. The monoisotopic (exact) mass is 463 g/mol. The smallest absolute Gasteiger partial charge is 0.162 e. The Morgan fingerprint density at radius 2 is 1.50 bits per heavy atom. The summed E-state index contributed by atoms with van der Waals surface area (Å²) in [6, 6.07) is 10.3. The van der Waals surface area contributed by atoms with Gasteiger partial charge in [-0.1, -0.05) is 0 Å². The number of ether oxygens (including phenoxy) is 3. The molecule has 180 valence electrons. The molecule has 0 N–H and O–H groups in total. The summed E-state index contributed by atoms with van der Waals surface area (Å²) in [6.07, 6.45) is 2.33.